The van der Waals surface area contributed by atoms with E-state index < -0.39 is 4.92 Å². The van der Waals surface area contributed by atoms with Crippen LogP contribution in [0.25, 0.3) is 5.69 Å². The number of Topliss-reactive ketones (excluding diaryl/α,β-unsaturated/α-hetero) is 1. The van der Waals surface area contributed by atoms with E-state index in [0.29, 0.717) is 11.3 Å². The molecule has 0 fully saturated rings. The quantitative estimate of drug-likeness (QED) is 0.489. The molecule has 0 saturated heterocycles. The third-order valence-electron chi connectivity index (χ3n) is 3.46. The predicted octanol–water partition coefficient (Wildman–Crippen LogP) is 2.91. The minimum absolute atomic E-state index is 0.122. The third-order valence-corrected chi connectivity index (χ3v) is 3.46. The average molecular weight is 273 g/mol. The van der Waals surface area contributed by atoms with Gasteiger partial charge in [-0.1, -0.05) is 0 Å². The zero-order valence-corrected chi connectivity index (χ0v) is 11.8. The maximum Gasteiger partial charge on any atom is 0.295 e. The first-order valence-electron chi connectivity index (χ1n) is 6.15. The van der Waals surface area contributed by atoms with Gasteiger partial charge in [0.2, 0.25) is 0 Å². The van der Waals surface area contributed by atoms with Gasteiger partial charge in [-0.2, -0.15) is 5.10 Å². The Morgan fingerprint density at radius 1 is 1.30 bits per heavy atom. The summed E-state index contributed by atoms with van der Waals surface area (Å²) in [4.78, 5) is 22.1. The lowest BCUT2D eigenvalue weighted by Crippen LogP contribution is -2.05. The Morgan fingerprint density at radius 3 is 2.40 bits per heavy atom. The monoisotopic (exact) mass is 273 g/mol. The number of nitrogens with zero attached hydrogens (tertiary/aromatic N) is 3. The minimum Gasteiger partial charge on any atom is -0.295 e. The summed E-state index contributed by atoms with van der Waals surface area (Å²) >= 11 is 0. The Morgan fingerprint density at radius 2 is 1.95 bits per heavy atom. The summed E-state index contributed by atoms with van der Waals surface area (Å²) in [5.74, 6) is -0.204. The summed E-state index contributed by atoms with van der Waals surface area (Å²) in [7, 11) is 0. The Kier molecular flexibility index (Phi) is 3.40. The van der Waals surface area contributed by atoms with Gasteiger partial charge in [0.15, 0.2) is 5.78 Å². The third kappa shape index (κ3) is 2.20. The zero-order valence-electron chi connectivity index (χ0n) is 11.8. The van der Waals surface area contributed by atoms with Crippen molar-refractivity contribution >= 4 is 11.5 Å². The van der Waals surface area contributed by atoms with Crippen molar-refractivity contribution in [1.29, 1.82) is 0 Å². The van der Waals surface area contributed by atoms with Crippen LogP contribution in [0.2, 0.25) is 0 Å². The molecule has 6 nitrogen and oxygen atoms in total. The smallest absolute Gasteiger partial charge is 0.295 e. The van der Waals surface area contributed by atoms with Gasteiger partial charge in [-0.05, 0) is 45.4 Å². The Labute approximate surface area is 116 Å². The fourth-order valence-electron chi connectivity index (χ4n) is 2.02. The molecule has 1 aromatic carbocycles. The van der Waals surface area contributed by atoms with Gasteiger partial charge in [-0.3, -0.25) is 14.9 Å². The highest BCUT2D eigenvalue weighted by molar-refractivity contribution is 5.95. The van der Waals surface area contributed by atoms with Crippen LogP contribution in [-0.2, 0) is 0 Å². The molecule has 0 saturated carbocycles. The van der Waals surface area contributed by atoms with E-state index in [4.69, 9.17) is 0 Å². The van der Waals surface area contributed by atoms with Crippen molar-refractivity contribution in [2.24, 2.45) is 0 Å². The van der Waals surface area contributed by atoms with Crippen LogP contribution < -0.4 is 0 Å². The first-order chi connectivity index (χ1) is 9.32. The number of carbonyl (C=O) groups excluding carboxylic acids is 1. The van der Waals surface area contributed by atoms with E-state index in [0.717, 1.165) is 17.0 Å². The van der Waals surface area contributed by atoms with Crippen LogP contribution in [0.3, 0.4) is 0 Å². The maximum atomic E-state index is 11.3. The molecule has 0 N–H and O–H groups in total. The van der Waals surface area contributed by atoms with Crippen molar-refractivity contribution in [3.05, 3.63) is 50.8 Å². The lowest BCUT2D eigenvalue weighted by molar-refractivity contribution is -0.384. The molecule has 2 rings (SSSR count). The van der Waals surface area contributed by atoms with Crippen LogP contribution in [0.4, 0.5) is 5.69 Å². The molecule has 0 atom stereocenters. The van der Waals surface area contributed by atoms with E-state index in [-0.39, 0.29) is 11.5 Å². The standard InChI is InChI=1S/C14H15N3O3/c1-8-9(2)15-16(10(8)3)13-6-5-12(11(4)18)7-14(13)17(19)20/h5-7H,1-4H3. The largest absolute Gasteiger partial charge is 0.295 e. The molecule has 20 heavy (non-hydrogen) atoms. The molecular formula is C14H15N3O3. The van der Waals surface area contributed by atoms with Crippen molar-refractivity contribution in [1.82, 2.24) is 9.78 Å². The molecule has 0 aliphatic carbocycles. The van der Waals surface area contributed by atoms with E-state index in [1.807, 2.05) is 20.8 Å². The number of hydrogen-bond donors (Lipinski definition) is 0. The van der Waals surface area contributed by atoms with Gasteiger partial charge < -0.3 is 0 Å². The number of nitro groups is 1. The second kappa shape index (κ2) is 4.88. The normalized spacial score (nSPS) is 10.6. The van der Waals surface area contributed by atoms with Gasteiger partial charge in [-0.25, -0.2) is 4.68 Å². The van der Waals surface area contributed by atoms with Crippen LogP contribution in [0.1, 0.15) is 34.2 Å². The van der Waals surface area contributed by atoms with Gasteiger partial charge in [0.05, 0.1) is 10.6 Å². The van der Waals surface area contributed by atoms with Crippen molar-refractivity contribution < 1.29 is 9.72 Å². The molecule has 2 aromatic rings. The van der Waals surface area contributed by atoms with Crippen LogP contribution in [0, 0.1) is 30.9 Å². The number of benzene rings is 1. The second-order valence-electron chi connectivity index (χ2n) is 4.72. The van der Waals surface area contributed by atoms with Gasteiger partial charge in [-0.15, -0.1) is 0 Å². The van der Waals surface area contributed by atoms with E-state index in [1.165, 1.54) is 13.0 Å². The van der Waals surface area contributed by atoms with Crippen molar-refractivity contribution in [2.75, 3.05) is 0 Å². The fraction of sp³-hybridized carbons (Fsp3) is 0.286. The molecule has 1 aromatic heterocycles. The number of rotatable bonds is 3. The summed E-state index contributed by atoms with van der Waals surface area (Å²) in [6.45, 7) is 7.02. The van der Waals surface area contributed by atoms with Crippen LogP contribution in [0.5, 0.6) is 0 Å². The first-order valence-corrected chi connectivity index (χ1v) is 6.15. The molecule has 0 aliphatic heterocycles. The average Bonchev–Trinajstić information content (AvgIpc) is 2.65. The van der Waals surface area contributed by atoms with Crippen LogP contribution in [-0.4, -0.2) is 20.5 Å². The van der Waals surface area contributed by atoms with E-state index in [9.17, 15) is 14.9 Å². The highest BCUT2D eigenvalue weighted by Gasteiger charge is 2.20. The van der Waals surface area contributed by atoms with E-state index in [1.54, 1.807) is 16.8 Å². The SMILES string of the molecule is CC(=O)c1ccc(-n2nc(C)c(C)c2C)c([N+](=O)[O-])c1. The molecule has 0 bridgehead atoms. The number of ketones is 1. The lowest BCUT2D eigenvalue weighted by atomic mass is 10.1. The van der Waals surface area contributed by atoms with Crippen molar-refractivity contribution in [3.63, 3.8) is 0 Å². The second-order valence-corrected chi connectivity index (χ2v) is 4.72. The van der Waals surface area contributed by atoms with Crippen LogP contribution >= 0.6 is 0 Å². The first kappa shape index (κ1) is 13.9. The number of nitro benzene ring substituents is 1. The minimum atomic E-state index is -0.493. The molecule has 0 amide bonds. The summed E-state index contributed by atoms with van der Waals surface area (Å²) in [6.07, 6.45) is 0. The molecule has 104 valence electrons. The summed E-state index contributed by atoms with van der Waals surface area (Å²) in [5, 5.41) is 15.6. The molecule has 1 heterocycles. The summed E-state index contributed by atoms with van der Waals surface area (Å²) < 4.78 is 1.55. The predicted molar refractivity (Wildman–Crippen MR) is 74.4 cm³/mol. The van der Waals surface area contributed by atoms with Gasteiger partial charge >= 0.3 is 0 Å². The summed E-state index contributed by atoms with van der Waals surface area (Å²) in [6, 6.07) is 4.44. The number of hydrogen-bond acceptors (Lipinski definition) is 4. The topological polar surface area (TPSA) is 78.0 Å². The maximum absolute atomic E-state index is 11.3. The number of aryl methyl sites for hydroxylation is 1. The highest BCUT2D eigenvalue weighted by atomic mass is 16.6. The number of aromatic nitrogens is 2. The highest BCUT2D eigenvalue weighted by Crippen LogP contribution is 2.27. The fourth-order valence-corrected chi connectivity index (χ4v) is 2.02. The number of carbonyl (C=O) groups is 1. The lowest BCUT2D eigenvalue weighted by Gasteiger charge is -2.07. The Balaban J connectivity index is 2.70. The van der Waals surface area contributed by atoms with E-state index in [2.05, 4.69) is 5.10 Å². The molecule has 0 spiro atoms. The summed E-state index contributed by atoms with van der Waals surface area (Å²) in [5.41, 5.74) is 3.24. The van der Waals surface area contributed by atoms with Gasteiger partial charge in [0.25, 0.3) is 5.69 Å². The molecule has 0 unspecified atom stereocenters. The Hall–Kier alpha value is -2.50. The van der Waals surface area contributed by atoms with Gasteiger partial charge in [0.1, 0.15) is 5.69 Å². The van der Waals surface area contributed by atoms with Crippen molar-refractivity contribution in [3.8, 4) is 5.69 Å². The van der Waals surface area contributed by atoms with E-state index >= 15 is 0 Å². The molecule has 0 aliphatic rings. The molecular weight excluding hydrogens is 258 g/mol. The molecule has 6 heteroatoms. The zero-order chi connectivity index (χ0) is 15.0. The Bertz CT molecular complexity index is 717. The van der Waals surface area contributed by atoms with Gasteiger partial charge in [0, 0.05) is 17.3 Å². The van der Waals surface area contributed by atoms with Crippen molar-refractivity contribution in [2.45, 2.75) is 27.7 Å². The molecule has 0 radical (unpaired) electrons. The van der Waals surface area contributed by atoms with Crippen LogP contribution in [0.15, 0.2) is 18.2 Å².